The molecular weight excluding hydrogens is 352 g/mol. The van der Waals surface area contributed by atoms with Crippen LogP contribution in [-0.2, 0) is 9.59 Å². The van der Waals surface area contributed by atoms with Gasteiger partial charge in [-0.2, -0.15) is 0 Å². The summed E-state index contributed by atoms with van der Waals surface area (Å²) in [6.07, 6.45) is 7.83. The molecule has 1 aromatic carbocycles. The van der Waals surface area contributed by atoms with E-state index in [0.29, 0.717) is 13.1 Å². The molecular formula is C22H35N4O2+. The van der Waals surface area contributed by atoms with Crippen LogP contribution in [0.3, 0.4) is 0 Å². The molecule has 1 aliphatic rings. The van der Waals surface area contributed by atoms with Crippen molar-refractivity contribution < 1.29 is 14.5 Å². The van der Waals surface area contributed by atoms with Gasteiger partial charge in [0.15, 0.2) is 0 Å². The molecule has 3 N–H and O–H groups in total. The second kappa shape index (κ2) is 10.9. The van der Waals surface area contributed by atoms with E-state index in [1.807, 2.05) is 14.1 Å². The van der Waals surface area contributed by atoms with Gasteiger partial charge in [0, 0.05) is 31.9 Å². The average molecular weight is 388 g/mol. The smallest absolute Gasteiger partial charge is 0.309 e. The highest BCUT2D eigenvalue weighted by Gasteiger charge is 2.21. The number of nitrogens with zero attached hydrogens (tertiary/aromatic N) is 1. The molecule has 2 amide bonds. The Morgan fingerprint density at radius 1 is 1.07 bits per heavy atom. The van der Waals surface area contributed by atoms with Crippen LogP contribution in [0.2, 0.25) is 0 Å². The van der Waals surface area contributed by atoms with Gasteiger partial charge < -0.3 is 20.4 Å². The zero-order chi connectivity index (χ0) is 20.5. The average Bonchev–Trinajstić information content (AvgIpc) is 2.68. The Kier molecular flexibility index (Phi) is 8.51. The summed E-state index contributed by atoms with van der Waals surface area (Å²) in [5, 5.41) is 5.53. The Bertz CT molecular complexity index is 680. The summed E-state index contributed by atoms with van der Waals surface area (Å²) in [5.41, 5.74) is 3.66. The Morgan fingerprint density at radius 3 is 2.32 bits per heavy atom. The molecule has 0 unspecified atom stereocenters. The Labute approximate surface area is 169 Å². The first-order valence-corrected chi connectivity index (χ1v) is 10.2. The summed E-state index contributed by atoms with van der Waals surface area (Å²) < 4.78 is 0. The van der Waals surface area contributed by atoms with Crippen LogP contribution in [0, 0.1) is 0 Å². The van der Waals surface area contributed by atoms with Gasteiger partial charge in [0.25, 0.3) is 0 Å². The number of allylic oxidation sites excluding steroid dienone is 1. The van der Waals surface area contributed by atoms with Gasteiger partial charge in [0.2, 0.25) is 0 Å². The molecule has 6 heteroatoms. The zero-order valence-electron chi connectivity index (χ0n) is 17.7. The number of hydrogen-bond acceptors (Lipinski definition) is 3. The van der Waals surface area contributed by atoms with Crippen molar-refractivity contribution in [1.82, 2.24) is 10.6 Å². The fourth-order valence-electron chi connectivity index (χ4n) is 3.48. The third-order valence-corrected chi connectivity index (χ3v) is 5.30. The fourth-order valence-corrected chi connectivity index (χ4v) is 3.48. The largest absolute Gasteiger partial charge is 0.378 e. The van der Waals surface area contributed by atoms with Crippen molar-refractivity contribution in [1.29, 1.82) is 0 Å². The van der Waals surface area contributed by atoms with Crippen molar-refractivity contribution in [2.75, 3.05) is 46.2 Å². The van der Waals surface area contributed by atoms with Gasteiger partial charge in [-0.25, -0.2) is 0 Å². The van der Waals surface area contributed by atoms with Crippen molar-refractivity contribution in [3.63, 3.8) is 0 Å². The van der Waals surface area contributed by atoms with Crippen molar-refractivity contribution >= 4 is 17.5 Å². The molecule has 0 heterocycles. The van der Waals surface area contributed by atoms with E-state index in [2.05, 4.69) is 60.0 Å². The number of carbonyl (C=O) groups is 2. The Balaban J connectivity index is 1.82. The first-order chi connectivity index (χ1) is 13.4. The lowest BCUT2D eigenvalue weighted by molar-refractivity contribution is -0.890. The van der Waals surface area contributed by atoms with Crippen molar-refractivity contribution in [2.24, 2.45) is 0 Å². The summed E-state index contributed by atoms with van der Waals surface area (Å²) in [6.45, 7) is 0.938. The van der Waals surface area contributed by atoms with Crippen molar-refractivity contribution in [3.8, 4) is 0 Å². The summed E-state index contributed by atoms with van der Waals surface area (Å²) in [7, 11) is 8.12. The highest BCUT2D eigenvalue weighted by Crippen LogP contribution is 2.19. The number of carbonyl (C=O) groups excluding carboxylic acids is 2. The maximum atomic E-state index is 12.2. The highest BCUT2D eigenvalue weighted by atomic mass is 16.2. The van der Waals surface area contributed by atoms with E-state index in [1.54, 1.807) is 0 Å². The third-order valence-electron chi connectivity index (χ3n) is 5.30. The number of hydrogen-bond donors (Lipinski definition) is 3. The normalized spacial score (nSPS) is 15.0. The molecule has 28 heavy (non-hydrogen) atoms. The molecule has 154 valence electrons. The van der Waals surface area contributed by atoms with Crippen molar-refractivity contribution in [2.45, 2.75) is 38.1 Å². The Hall–Kier alpha value is -2.34. The molecule has 1 atom stereocenters. The molecule has 0 saturated heterocycles. The molecule has 2 rings (SSSR count). The lowest BCUT2D eigenvalue weighted by atomic mass is 9.97. The molecule has 0 saturated carbocycles. The van der Waals surface area contributed by atoms with Gasteiger partial charge in [-0.3, -0.25) is 9.59 Å². The molecule has 0 aliphatic heterocycles. The van der Waals surface area contributed by atoms with Crippen LogP contribution < -0.4 is 20.4 Å². The van der Waals surface area contributed by atoms with Crippen LogP contribution in [0.15, 0.2) is 35.9 Å². The minimum absolute atomic E-state index is 0.0837. The van der Waals surface area contributed by atoms with E-state index in [9.17, 15) is 9.59 Å². The van der Waals surface area contributed by atoms with E-state index in [0.717, 1.165) is 30.5 Å². The molecule has 6 nitrogen and oxygen atoms in total. The predicted octanol–water partition coefficient (Wildman–Crippen LogP) is 1.06. The quantitative estimate of drug-likeness (QED) is 0.462. The van der Waals surface area contributed by atoms with Gasteiger partial charge in [0.05, 0.1) is 20.6 Å². The van der Waals surface area contributed by atoms with Gasteiger partial charge in [-0.15, -0.1) is 0 Å². The third kappa shape index (κ3) is 6.68. The van der Waals surface area contributed by atoms with E-state index in [1.165, 1.54) is 23.3 Å². The van der Waals surface area contributed by atoms with E-state index in [4.69, 9.17) is 0 Å². The zero-order valence-corrected chi connectivity index (χ0v) is 17.7. The number of likely N-dealkylation sites (N-methyl/N-ethyl adjacent to an activating group) is 1. The van der Waals surface area contributed by atoms with Gasteiger partial charge in [-0.1, -0.05) is 23.8 Å². The molecule has 0 fully saturated rings. The number of nitrogens with one attached hydrogen (secondary N) is 3. The minimum Gasteiger partial charge on any atom is -0.378 e. The van der Waals surface area contributed by atoms with Gasteiger partial charge >= 0.3 is 11.8 Å². The summed E-state index contributed by atoms with van der Waals surface area (Å²) in [5.74, 6) is -1.11. The minimum atomic E-state index is -0.561. The summed E-state index contributed by atoms with van der Waals surface area (Å²) in [6, 6.07) is 8.38. The molecule has 0 bridgehead atoms. The van der Waals surface area contributed by atoms with Crippen LogP contribution in [0.25, 0.3) is 0 Å². The Morgan fingerprint density at radius 2 is 1.75 bits per heavy atom. The molecule has 1 aromatic rings. The van der Waals surface area contributed by atoms with E-state index in [-0.39, 0.29) is 6.04 Å². The number of amides is 2. The van der Waals surface area contributed by atoms with E-state index < -0.39 is 11.8 Å². The second-order valence-corrected chi connectivity index (χ2v) is 7.94. The lowest BCUT2D eigenvalue weighted by Gasteiger charge is -2.23. The first-order valence-electron chi connectivity index (χ1n) is 10.2. The molecule has 0 spiro atoms. The van der Waals surface area contributed by atoms with Crippen LogP contribution in [-0.4, -0.2) is 53.1 Å². The maximum absolute atomic E-state index is 12.2. The first kappa shape index (κ1) is 22.0. The fraction of sp³-hybridized carbons (Fsp3) is 0.545. The van der Waals surface area contributed by atoms with Crippen LogP contribution >= 0.6 is 0 Å². The van der Waals surface area contributed by atoms with Crippen LogP contribution in [0.5, 0.6) is 0 Å². The highest BCUT2D eigenvalue weighted by molar-refractivity contribution is 6.35. The lowest BCUT2D eigenvalue weighted by Crippen LogP contribution is -3.07. The predicted molar refractivity (Wildman–Crippen MR) is 114 cm³/mol. The van der Waals surface area contributed by atoms with Crippen LogP contribution in [0.1, 0.15) is 43.7 Å². The number of benzene rings is 1. The SMILES string of the molecule is CN(C)c1ccc([C@H](CNC(=O)C(=O)NCCC2=CCCCC2)[NH+](C)C)cc1. The second-order valence-electron chi connectivity index (χ2n) is 7.94. The monoisotopic (exact) mass is 387 g/mol. The topological polar surface area (TPSA) is 65.9 Å². The van der Waals surface area contributed by atoms with E-state index >= 15 is 0 Å². The number of anilines is 1. The molecule has 0 radical (unpaired) electrons. The summed E-state index contributed by atoms with van der Waals surface area (Å²) in [4.78, 5) is 27.5. The van der Waals surface area contributed by atoms with Gasteiger partial charge in [0.1, 0.15) is 6.04 Å². The number of quaternary nitrogens is 1. The van der Waals surface area contributed by atoms with Crippen molar-refractivity contribution in [3.05, 3.63) is 41.5 Å². The maximum Gasteiger partial charge on any atom is 0.309 e. The number of rotatable bonds is 8. The summed E-state index contributed by atoms with van der Waals surface area (Å²) >= 11 is 0. The standard InChI is InChI=1S/C22H34N4O2/c1-25(2)19-12-10-18(11-13-19)20(26(3)4)16-24-22(28)21(27)23-15-14-17-8-6-5-7-9-17/h8,10-13,20H,5-7,9,14-16H2,1-4H3,(H,23,27)(H,24,28)/p+1/t20-/m0/s1. The van der Waals surface area contributed by atoms with Gasteiger partial charge in [-0.05, 0) is 44.2 Å². The van der Waals surface area contributed by atoms with Crippen LogP contribution in [0.4, 0.5) is 5.69 Å². The molecule has 1 aliphatic carbocycles. The molecule has 0 aromatic heterocycles.